The molecule has 226 valence electrons. The van der Waals surface area contributed by atoms with Gasteiger partial charge in [-0.25, -0.2) is 8.42 Å². The first-order valence-electron chi connectivity index (χ1n) is 14.3. The Kier molecular flexibility index (Phi) is 12.2. The van der Waals surface area contributed by atoms with Crippen LogP contribution in [0.25, 0.3) is 0 Å². The molecule has 0 heterocycles. The number of hydrogen-bond acceptors (Lipinski definition) is 4. The Morgan fingerprint density at radius 3 is 2.24 bits per heavy atom. The van der Waals surface area contributed by atoms with Crippen molar-refractivity contribution >= 4 is 43.5 Å². The monoisotopic (exact) mass is 655 g/mol. The molecule has 0 fully saturated rings. The molecule has 0 bridgehead atoms. The van der Waals surface area contributed by atoms with E-state index in [0.29, 0.717) is 18.5 Å². The Labute approximate surface area is 259 Å². The molecule has 0 saturated heterocycles. The molecule has 0 aliphatic carbocycles. The maximum absolute atomic E-state index is 14.0. The molecule has 0 radical (unpaired) electrons. The van der Waals surface area contributed by atoms with Crippen molar-refractivity contribution in [3.05, 3.63) is 99.5 Å². The van der Waals surface area contributed by atoms with E-state index in [0.717, 1.165) is 33.1 Å². The van der Waals surface area contributed by atoms with Gasteiger partial charge in [-0.1, -0.05) is 77.5 Å². The predicted octanol–water partition coefficient (Wildman–Crippen LogP) is 6.17. The second kappa shape index (κ2) is 15.3. The summed E-state index contributed by atoms with van der Waals surface area (Å²) in [6.45, 7) is 8.16. The highest BCUT2D eigenvalue weighted by Crippen LogP contribution is 2.25. The molecule has 0 saturated carbocycles. The van der Waals surface area contributed by atoms with E-state index >= 15 is 0 Å². The minimum atomic E-state index is -3.58. The van der Waals surface area contributed by atoms with E-state index in [1.54, 1.807) is 4.90 Å². The lowest BCUT2D eigenvalue weighted by atomic mass is 10.0. The second-order valence-electron chi connectivity index (χ2n) is 10.9. The van der Waals surface area contributed by atoms with E-state index in [1.165, 1.54) is 10.6 Å². The fourth-order valence-electron chi connectivity index (χ4n) is 4.75. The minimum Gasteiger partial charge on any atom is -0.352 e. The highest BCUT2D eigenvalue weighted by atomic mass is 79.9. The molecule has 42 heavy (non-hydrogen) atoms. The molecule has 3 aromatic carbocycles. The van der Waals surface area contributed by atoms with Gasteiger partial charge in [0.15, 0.2) is 0 Å². The topological polar surface area (TPSA) is 86.8 Å². The van der Waals surface area contributed by atoms with Crippen molar-refractivity contribution in [2.75, 3.05) is 17.1 Å². The third-order valence-electron chi connectivity index (χ3n) is 7.32. The van der Waals surface area contributed by atoms with Gasteiger partial charge in [0.05, 0.1) is 11.9 Å². The van der Waals surface area contributed by atoms with E-state index in [-0.39, 0.29) is 37.4 Å². The lowest BCUT2D eigenvalue weighted by molar-refractivity contribution is -0.141. The van der Waals surface area contributed by atoms with Gasteiger partial charge < -0.3 is 10.2 Å². The molecule has 0 aliphatic heterocycles. The highest BCUT2D eigenvalue weighted by molar-refractivity contribution is 9.10. The van der Waals surface area contributed by atoms with Gasteiger partial charge in [0.2, 0.25) is 21.8 Å². The fourth-order valence-corrected chi connectivity index (χ4v) is 6.03. The van der Waals surface area contributed by atoms with E-state index < -0.39 is 16.1 Å². The minimum absolute atomic E-state index is 0.0405. The average Bonchev–Trinajstić information content (AvgIpc) is 2.95. The van der Waals surface area contributed by atoms with Crippen molar-refractivity contribution in [1.82, 2.24) is 10.2 Å². The van der Waals surface area contributed by atoms with Gasteiger partial charge in [-0.15, -0.1) is 0 Å². The van der Waals surface area contributed by atoms with Crippen molar-refractivity contribution in [2.24, 2.45) is 0 Å². The zero-order valence-corrected chi connectivity index (χ0v) is 27.5. The zero-order chi connectivity index (χ0) is 30.9. The van der Waals surface area contributed by atoms with Crippen LogP contribution in [0.5, 0.6) is 0 Å². The lowest BCUT2D eigenvalue weighted by Gasteiger charge is -2.33. The molecular weight excluding hydrogens is 614 g/mol. The van der Waals surface area contributed by atoms with Crippen molar-refractivity contribution < 1.29 is 18.0 Å². The van der Waals surface area contributed by atoms with Crippen molar-refractivity contribution in [3.8, 4) is 0 Å². The molecule has 9 heteroatoms. The molecule has 3 rings (SSSR count). The molecule has 3 aromatic rings. The summed E-state index contributed by atoms with van der Waals surface area (Å²) < 4.78 is 27.9. The summed E-state index contributed by atoms with van der Waals surface area (Å²) in [5.74, 6) is -0.403. The smallest absolute Gasteiger partial charge is 0.243 e. The fraction of sp³-hybridized carbons (Fsp3) is 0.394. The summed E-state index contributed by atoms with van der Waals surface area (Å²) in [6, 6.07) is 22.3. The van der Waals surface area contributed by atoms with Crippen LogP contribution in [0.4, 0.5) is 5.69 Å². The highest BCUT2D eigenvalue weighted by Gasteiger charge is 2.31. The number of carbonyl (C=O) groups excluding carboxylic acids is 2. The average molecular weight is 657 g/mol. The summed E-state index contributed by atoms with van der Waals surface area (Å²) in [5.41, 5.74) is 4.27. The van der Waals surface area contributed by atoms with E-state index in [1.807, 2.05) is 100 Å². The molecule has 0 aromatic heterocycles. The lowest BCUT2D eigenvalue weighted by Crippen LogP contribution is -2.52. The molecular formula is C33H42BrN3O4S. The molecule has 1 N–H and O–H groups in total. The maximum Gasteiger partial charge on any atom is 0.243 e. The predicted molar refractivity (Wildman–Crippen MR) is 174 cm³/mol. The summed E-state index contributed by atoms with van der Waals surface area (Å²) in [6.07, 6.45) is 2.72. The summed E-state index contributed by atoms with van der Waals surface area (Å²) in [7, 11) is -3.58. The quantitative estimate of drug-likeness (QED) is 0.225. The third kappa shape index (κ3) is 9.70. The Morgan fingerprint density at radius 2 is 1.62 bits per heavy atom. The first-order valence-corrected chi connectivity index (χ1v) is 17.0. The number of benzene rings is 3. The van der Waals surface area contributed by atoms with E-state index in [2.05, 4.69) is 21.2 Å². The molecule has 0 unspecified atom stereocenters. The number of aryl methyl sites for hydroxylation is 2. The number of hydrogen-bond donors (Lipinski definition) is 1. The van der Waals surface area contributed by atoms with Crippen LogP contribution < -0.4 is 9.62 Å². The summed E-state index contributed by atoms with van der Waals surface area (Å²) >= 11 is 3.47. The summed E-state index contributed by atoms with van der Waals surface area (Å²) in [4.78, 5) is 29.3. The van der Waals surface area contributed by atoms with E-state index in [4.69, 9.17) is 0 Å². The van der Waals surface area contributed by atoms with Crippen LogP contribution in [0.15, 0.2) is 77.3 Å². The van der Waals surface area contributed by atoms with Crippen LogP contribution in [0.3, 0.4) is 0 Å². The van der Waals surface area contributed by atoms with Gasteiger partial charge >= 0.3 is 0 Å². The van der Waals surface area contributed by atoms with Crippen LogP contribution in [0.1, 0.15) is 55.4 Å². The number of nitrogens with zero attached hydrogens (tertiary/aromatic N) is 2. The molecule has 7 nitrogen and oxygen atoms in total. The van der Waals surface area contributed by atoms with Gasteiger partial charge in [0, 0.05) is 36.4 Å². The number of amides is 2. The van der Waals surface area contributed by atoms with Gasteiger partial charge in [0.25, 0.3) is 0 Å². The van der Waals surface area contributed by atoms with Crippen LogP contribution in [-0.2, 0) is 32.6 Å². The third-order valence-corrected chi connectivity index (χ3v) is 9.03. The summed E-state index contributed by atoms with van der Waals surface area (Å²) in [5, 5.41) is 3.08. The maximum atomic E-state index is 14.0. The van der Waals surface area contributed by atoms with Crippen LogP contribution in [0, 0.1) is 13.8 Å². The molecule has 0 spiro atoms. The van der Waals surface area contributed by atoms with Crippen molar-refractivity contribution in [2.45, 2.75) is 72.0 Å². The van der Waals surface area contributed by atoms with Gasteiger partial charge in [-0.2, -0.15) is 0 Å². The molecule has 2 atom stereocenters. The van der Waals surface area contributed by atoms with E-state index in [9.17, 15) is 18.0 Å². The first kappa shape index (κ1) is 33.3. The number of anilines is 1. The van der Waals surface area contributed by atoms with Crippen LogP contribution in [0.2, 0.25) is 0 Å². The Bertz CT molecular complexity index is 1450. The van der Waals surface area contributed by atoms with Crippen LogP contribution >= 0.6 is 15.9 Å². The number of halogens is 1. The SMILES string of the molecule is CC[C@H](C)NC(=O)[C@H](Cc1ccccc1)N(Cc1ccc(Br)cc1)C(=O)CCCN(c1cc(C)ccc1C)S(C)(=O)=O. The normalized spacial score (nSPS) is 12.8. The largest absolute Gasteiger partial charge is 0.352 e. The number of sulfonamides is 1. The second-order valence-corrected chi connectivity index (χ2v) is 13.7. The number of nitrogens with one attached hydrogen (secondary N) is 1. The standard InChI is InChI=1S/C33H42BrN3O4S/c1-6-26(4)35-33(39)31(22-27-11-8-7-9-12-27)36(23-28-16-18-29(34)19-17-28)32(38)13-10-20-37(42(5,40)41)30-21-24(2)14-15-25(30)3/h7-9,11-12,14-19,21,26,31H,6,10,13,20,22-23H2,1-5H3,(H,35,39)/t26-,31-/m0/s1. The van der Waals surface area contributed by atoms with Gasteiger partial charge in [-0.3, -0.25) is 13.9 Å². The number of carbonyl (C=O) groups is 2. The Morgan fingerprint density at radius 1 is 0.952 bits per heavy atom. The molecule has 2 amide bonds. The van der Waals surface area contributed by atoms with Gasteiger partial charge in [0.1, 0.15) is 6.04 Å². The Hall–Kier alpha value is -3.17. The molecule has 0 aliphatic rings. The first-order chi connectivity index (χ1) is 19.9. The van der Waals surface area contributed by atoms with Crippen molar-refractivity contribution in [3.63, 3.8) is 0 Å². The Balaban J connectivity index is 1.90. The number of rotatable bonds is 14. The van der Waals surface area contributed by atoms with Crippen LogP contribution in [-0.4, -0.2) is 50.0 Å². The van der Waals surface area contributed by atoms with Crippen molar-refractivity contribution in [1.29, 1.82) is 0 Å². The zero-order valence-electron chi connectivity index (χ0n) is 25.1. The van der Waals surface area contributed by atoms with Gasteiger partial charge in [-0.05, 0) is 74.1 Å².